The van der Waals surface area contributed by atoms with E-state index in [-0.39, 0.29) is 11.5 Å². The van der Waals surface area contributed by atoms with E-state index in [0.29, 0.717) is 6.61 Å². The molecule has 0 aromatic rings. The number of carbonyl (C=O) groups excluding carboxylic acids is 1. The molecule has 0 spiro atoms. The van der Waals surface area contributed by atoms with Crippen molar-refractivity contribution in [2.45, 2.75) is 25.2 Å². The first-order chi connectivity index (χ1) is 4.02. The van der Waals surface area contributed by atoms with Crippen molar-refractivity contribution in [3.63, 3.8) is 0 Å². The third-order valence-electron chi connectivity index (χ3n) is 1.72. The van der Waals surface area contributed by atoms with Crippen LogP contribution in [0.15, 0.2) is 0 Å². The van der Waals surface area contributed by atoms with E-state index in [1.807, 2.05) is 0 Å². The number of carbonyl (C=O) groups is 1. The molecule has 0 radical (unpaired) electrons. The van der Waals surface area contributed by atoms with Gasteiger partial charge in [-0.05, 0) is 0 Å². The molecular formula is C6H12O2Si. The summed E-state index contributed by atoms with van der Waals surface area (Å²) in [5.74, 6) is 0.0224. The van der Waals surface area contributed by atoms with Crippen molar-refractivity contribution in [3.8, 4) is 0 Å². The van der Waals surface area contributed by atoms with Gasteiger partial charge in [0.25, 0.3) is 0 Å². The first kappa shape index (κ1) is 6.80. The molecule has 0 bridgehead atoms. The molecule has 9 heavy (non-hydrogen) atoms. The second kappa shape index (κ2) is 1.83. The zero-order valence-corrected chi connectivity index (χ0v) is 7.10. The lowest BCUT2D eigenvalue weighted by molar-refractivity contribution is -0.157. The highest BCUT2D eigenvalue weighted by molar-refractivity contribution is 6.80. The lowest BCUT2D eigenvalue weighted by Crippen LogP contribution is -2.45. The number of esters is 1. The molecule has 1 saturated heterocycles. The molecule has 0 aliphatic carbocycles. The molecule has 1 aliphatic rings. The standard InChI is InChI=1S/C6H12O2Si/c1-9(2,3)5-4-8-6(5)7/h5H,4H2,1-3H3. The molecule has 0 aromatic heterocycles. The van der Waals surface area contributed by atoms with Crippen LogP contribution in [0.5, 0.6) is 0 Å². The zero-order valence-electron chi connectivity index (χ0n) is 6.10. The Bertz CT molecular complexity index is 136. The predicted octanol–water partition coefficient (Wildman–Crippen LogP) is 1.25. The van der Waals surface area contributed by atoms with E-state index >= 15 is 0 Å². The summed E-state index contributed by atoms with van der Waals surface area (Å²) in [4.78, 5) is 10.7. The molecule has 1 unspecified atom stereocenters. The first-order valence-corrected chi connectivity index (χ1v) is 6.76. The molecule has 1 heterocycles. The Morgan fingerprint density at radius 1 is 1.56 bits per heavy atom. The molecule has 1 aliphatic heterocycles. The van der Waals surface area contributed by atoms with Crippen LogP contribution in [0, 0.1) is 0 Å². The fraction of sp³-hybridized carbons (Fsp3) is 0.833. The Hall–Kier alpha value is -0.313. The monoisotopic (exact) mass is 144 g/mol. The quantitative estimate of drug-likeness (QED) is 0.409. The van der Waals surface area contributed by atoms with Crippen molar-refractivity contribution < 1.29 is 9.53 Å². The summed E-state index contributed by atoms with van der Waals surface area (Å²) in [6.07, 6.45) is 0. The molecule has 1 fully saturated rings. The maximum absolute atomic E-state index is 10.7. The van der Waals surface area contributed by atoms with Gasteiger partial charge in [-0.2, -0.15) is 0 Å². The largest absolute Gasteiger partial charge is 0.465 e. The highest BCUT2D eigenvalue weighted by atomic mass is 28.3. The van der Waals surface area contributed by atoms with Gasteiger partial charge < -0.3 is 4.74 Å². The van der Waals surface area contributed by atoms with E-state index in [1.54, 1.807) is 0 Å². The smallest absolute Gasteiger partial charge is 0.309 e. The maximum Gasteiger partial charge on any atom is 0.309 e. The number of hydrogen-bond acceptors (Lipinski definition) is 2. The van der Waals surface area contributed by atoms with Crippen molar-refractivity contribution in [2.24, 2.45) is 0 Å². The molecule has 3 heteroatoms. The number of rotatable bonds is 1. The van der Waals surface area contributed by atoms with Gasteiger partial charge in [0.2, 0.25) is 0 Å². The summed E-state index contributed by atoms with van der Waals surface area (Å²) < 4.78 is 4.67. The summed E-state index contributed by atoms with van der Waals surface area (Å²) in [6.45, 7) is 7.25. The Morgan fingerprint density at radius 2 is 2.11 bits per heavy atom. The van der Waals surface area contributed by atoms with Gasteiger partial charge in [0.1, 0.15) is 6.61 Å². The summed E-state index contributed by atoms with van der Waals surface area (Å²) in [5.41, 5.74) is 0.275. The van der Waals surface area contributed by atoms with Gasteiger partial charge in [-0.15, -0.1) is 0 Å². The van der Waals surface area contributed by atoms with Crippen LogP contribution in [-0.4, -0.2) is 20.7 Å². The van der Waals surface area contributed by atoms with Crippen LogP contribution in [0.3, 0.4) is 0 Å². The summed E-state index contributed by atoms with van der Waals surface area (Å²) in [7, 11) is -1.21. The molecule has 0 N–H and O–H groups in total. The normalized spacial score (nSPS) is 27.0. The number of hydrogen-bond donors (Lipinski definition) is 0. The number of ether oxygens (including phenoxy) is 1. The van der Waals surface area contributed by atoms with Crippen LogP contribution in [0.25, 0.3) is 0 Å². The molecule has 1 atom stereocenters. The number of cyclic esters (lactones) is 1. The Kier molecular flexibility index (Phi) is 1.39. The van der Waals surface area contributed by atoms with Gasteiger partial charge in [0.05, 0.1) is 13.6 Å². The van der Waals surface area contributed by atoms with Crippen LogP contribution >= 0.6 is 0 Å². The van der Waals surface area contributed by atoms with Crippen LogP contribution < -0.4 is 0 Å². The first-order valence-electron chi connectivity index (χ1n) is 3.18. The van der Waals surface area contributed by atoms with Crippen LogP contribution in [-0.2, 0) is 9.53 Å². The van der Waals surface area contributed by atoms with Crippen molar-refractivity contribution in [1.29, 1.82) is 0 Å². The second-order valence-electron chi connectivity index (χ2n) is 3.55. The van der Waals surface area contributed by atoms with Crippen LogP contribution in [0.4, 0.5) is 0 Å². The van der Waals surface area contributed by atoms with E-state index in [2.05, 4.69) is 24.4 Å². The van der Waals surface area contributed by atoms with E-state index < -0.39 is 8.07 Å². The Morgan fingerprint density at radius 3 is 2.11 bits per heavy atom. The molecule has 0 aromatic carbocycles. The average molecular weight is 144 g/mol. The van der Waals surface area contributed by atoms with E-state index in [0.717, 1.165) is 0 Å². The highest BCUT2D eigenvalue weighted by Crippen LogP contribution is 2.30. The lowest BCUT2D eigenvalue weighted by atomic mass is 10.4. The van der Waals surface area contributed by atoms with Gasteiger partial charge in [-0.25, -0.2) is 0 Å². The average Bonchev–Trinajstić information content (AvgIpc) is 1.57. The zero-order chi connectivity index (χ0) is 7.07. The SMILES string of the molecule is C[Si](C)(C)C1COC1=O. The minimum absolute atomic E-state index is 0.0224. The van der Waals surface area contributed by atoms with E-state index in [9.17, 15) is 4.79 Å². The van der Waals surface area contributed by atoms with Gasteiger partial charge in [0, 0.05) is 0 Å². The second-order valence-corrected chi connectivity index (χ2v) is 8.98. The van der Waals surface area contributed by atoms with Crippen LogP contribution in [0.2, 0.25) is 25.2 Å². The Balaban J connectivity index is 2.54. The molecule has 52 valence electrons. The molecule has 2 nitrogen and oxygen atoms in total. The van der Waals surface area contributed by atoms with Gasteiger partial charge >= 0.3 is 5.97 Å². The van der Waals surface area contributed by atoms with Crippen molar-refractivity contribution in [1.82, 2.24) is 0 Å². The fourth-order valence-electron chi connectivity index (χ4n) is 0.838. The minimum Gasteiger partial charge on any atom is -0.465 e. The minimum atomic E-state index is -1.21. The maximum atomic E-state index is 10.7. The fourth-order valence-corrected chi connectivity index (χ4v) is 2.21. The molecule has 1 rings (SSSR count). The highest BCUT2D eigenvalue weighted by Gasteiger charge is 2.41. The topological polar surface area (TPSA) is 26.3 Å². The van der Waals surface area contributed by atoms with Crippen LogP contribution in [0.1, 0.15) is 0 Å². The van der Waals surface area contributed by atoms with Crippen molar-refractivity contribution >= 4 is 14.0 Å². The molecular weight excluding hydrogens is 132 g/mol. The van der Waals surface area contributed by atoms with Gasteiger partial charge in [0.15, 0.2) is 0 Å². The van der Waals surface area contributed by atoms with Crippen molar-refractivity contribution in [3.05, 3.63) is 0 Å². The van der Waals surface area contributed by atoms with E-state index in [1.165, 1.54) is 0 Å². The van der Waals surface area contributed by atoms with E-state index in [4.69, 9.17) is 0 Å². The van der Waals surface area contributed by atoms with Gasteiger partial charge in [-0.1, -0.05) is 19.6 Å². The predicted molar refractivity (Wildman–Crippen MR) is 38.1 cm³/mol. The molecule has 0 saturated carbocycles. The summed E-state index contributed by atoms with van der Waals surface area (Å²) in [6, 6.07) is 0. The Labute approximate surface area is 56.2 Å². The van der Waals surface area contributed by atoms with Crippen molar-refractivity contribution in [2.75, 3.05) is 6.61 Å². The third-order valence-corrected chi connectivity index (χ3v) is 4.22. The third kappa shape index (κ3) is 1.15. The molecule has 0 amide bonds. The summed E-state index contributed by atoms with van der Waals surface area (Å²) >= 11 is 0. The lowest BCUT2D eigenvalue weighted by Gasteiger charge is -2.33. The summed E-state index contributed by atoms with van der Waals surface area (Å²) in [5, 5.41) is 0. The van der Waals surface area contributed by atoms with Gasteiger partial charge in [-0.3, -0.25) is 4.79 Å².